The predicted octanol–water partition coefficient (Wildman–Crippen LogP) is 11.5. The van der Waals surface area contributed by atoms with Crippen molar-refractivity contribution in [3.8, 4) is 34.4 Å². The van der Waals surface area contributed by atoms with Crippen molar-refractivity contribution in [3.63, 3.8) is 0 Å². The van der Waals surface area contributed by atoms with Gasteiger partial charge in [0.25, 0.3) is 0 Å². The highest BCUT2D eigenvalue weighted by atomic mass is 16.3. The molecule has 0 radical (unpaired) electrons. The summed E-state index contributed by atoms with van der Waals surface area (Å²) < 4.78 is 6.69. The molecule has 1 atom stereocenters. The van der Waals surface area contributed by atoms with E-state index in [4.69, 9.17) is 14.4 Å². The number of fused-ring (bicyclic) bond motifs is 3. The fraction of sp³-hybridized carbons (Fsp3) is 0.0833. The molecule has 1 N–H and O–H groups in total. The Morgan fingerprint density at radius 3 is 2.24 bits per heavy atom. The summed E-state index contributed by atoms with van der Waals surface area (Å²) in [6, 6.07) is 40.6. The number of nitrogens with one attached hydrogen (secondary N) is 1. The van der Waals surface area contributed by atoms with Crippen molar-refractivity contribution in [1.82, 2.24) is 5.32 Å². The van der Waals surface area contributed by atoms with E-state index in [1.807, 2.05) is 106 Å². The monoisotopic (exact) mass is 699 g/mol. The highest BCUT2D eigenvalue weighted by molar-refractivity contribution is 6.17. The number of nitrogens with zero attached hydrogens (tertiary/aromatic N) is 4. The van der Waals surface area contributed by atoms with Crippen LogP contribution >= 0.6 is 0 Å². The third kappa shape index (κ3) is 6.61. The first-order valence-corrected chi connectivity index (χ1v) is 17.8. The van der Waals surface area contributed by atoms with Crippen molar-refractivity contribution in [2.75, 3.05) is 0 Å². The largest absolute Gasteiger partial charge is 0.455 e. The molecule has 6 heteroatoms. The summed E-state index contributed by atoms with van der Waals surface area (Å²) >= 11 is 0. The summed E-state index contributed by atoms with van der Waals surface area (Å²) in [5.41, 5.74) is 10.2. The Labute approximate surface area is 315 Å². The number of hydrogen-bond donors (Lipinski definition) is 1. The SMILES string of the molecule is C=C/C(=C(C#N)\C=C/C)c1cc(-c2ccccc2C#N)c2oc3cccc(-c4cccc(C5=NC(c6ccccc6)=NC(C(/C=C\C)=C/C)N5)c4)c3c2c1. The van der Waals surface area contributed by atoms with E-state index in [1.165, 1.54) is 0 Å². The maximum Gasteiger partial charge on any atom is 0.159 e. The molecule has 0 saturated heterocycles. The summed E-state index contributed by atoms with van der Waals surface area (Å²) in [4.78, 5) is 10.0. The van der Waals surface area contributed by atoms with E-state index in [2.05, 4.69) is 66.5 Å². The fourth-order valence-corrected chi connectivity index (χ4v) is 6.93. The maximum atomic E-state index is 10.1. The van der Waals surface area contributed by atoms with Crippen LogP contribution in [0.15, 0.2) is 178 Å². The Bertz CT molecular complexity index is 2710. The molecule has 0 saturated carbocycles. The minimum Gasteiger partial charge on any atom is -0.455 e. The Hall–Kier alpha value is -7.28. The van der Waals surface area contributed by atoms with Crippen LogP contribution in [0.5, 0.6) is 0 Å². The first kappa shape index (κ1) is 35.1. The number of amidine groups is 2. The van der Waals surface area contributed by atoms with Crippen LogP contribution in [0.1, 0.15) is 43.0 Å². The smallest absolute Gasteiger partial charge is 0.159 e. The van der Waals surface area contributed by atoms with Crippen molar-refractivity contribution in [2.24, 2.45) is 9.98 Å². The van der Waals surface area contributed by atoms with Gasteiger partial charge in [-0.1, -0.05) is 116 Å². The summed E-state index contributed by atoms with van der Waals surface area (Å²) in [7, 11) is 0. The van der Waals surface area contributed by atoms with E-state index in [9.17, 15) is 10.5 Å². The van der Waals surface area contributed by atoms with E-state index in [1.54, 1.807) is 18.2 Å². The number of benzene rings is 5. The molecule has 260 valence electrons. The summed E-state index contributed by atoms with van der Waals surface area (Å²) in [5, 5.41) is 25.6. The molecule has 6 nitrogen and oxygen atoms in total. The quantitative estimate of drug-likeness (QED) is 0.120. The first-order chi connectivity index (χ1) is 26.5. The maximum absolute atomic E-state index is 10.1. The molecule has 54 heavy (non-hydrogen) atoms. The molecule has 0 spiro atoms. The van der Waals surface area contributed by atoms with Gasteiger partial charge < -0.3 is 9.73 Å². The van der Waals surface area contributed by atoms with Gasteiger partial charge in [0, 0.05) is 33.0 Å². The lowest BCUT2D eigenvalue weighted by Gasteiger charge is -2.24. The third-order valence-electron chi connectivity index (χ3n) is 9.42. The number of allylic oxidation sites excluding steroid dienone is 7. The van der Waals surface area contributed by atoms with Gasteiger partial charge >= 0.3 is 0 Å². The Kier molecular flexibility index (Phi) is 10.1. The molecule has 1 aromatic heterocycles. The van der Waals surface area contributed by atoms with Crippen LogP contribution in [0.4, 0.5) is 0 Å². The minimum absolute atomic E-state index is 0.320. The summed E-state index contributed by atoms with van der Waals surface area (Å²) in [5.74, 6) is 1.38. The van der Waals surface area contributed by atoms with Crippen molar-refractivity contribution >= 4 is 39.2 Å². The molecule has 7 rings (SSSR count). The second-order valence-electron chi connectivity index (χ2n) is 12.7. The normalized spacial score (nSPS) is 15.1. The topological polar surface area (TPSA) is 97.5 Å². The van der Waals surface area contributed by atoms with Gasteiger partial charge in [0.05, 0.1) is 23.3 Å². The van der Waals surface area contributed by atoms with Gasteiger partial charge in [-0.3, -0.25) is 0 Å². The Balaban J connectivity index is 1.45. The van der Waals surface area contributed by atoms with Gasteiger partial charge in [-0.2, -0.15) is 10.5 Å². The molecule has 0 amide bonds. The molecule has 0 aliphatic carbocycles. The average molecular weight is 700 g/mol. The van der Waals surface area contributed by atoms with Crippen LogP contribution in [0, 0.1) is 22.7 Å². The lowest BCUT2D eigenvalue weighted by Crippen LogP contribution is -2.39. The molecular weight excluding hydrogens is 663 g/mol. The first-order valence-electron chi connectivity index (χ1n) is 17.8. The van der Waals surface area contributed by atoms with Gasteiger partial charge in [0.2, 0.25) is 0 Å². The van der Waals surface area contributed by atoms with Crippen LogP contribution in [-0.2, 0) is 0 Å². The zero-order valence-electron chi connectivity index (χ0n) is 30.3. The van der Waals surface area contributed by atoms with Crippen LogP contribution in [0.3, 0.4) is 0 Å². The molecule has 0 fully saturated rings. The molecular formula is C48H37N5O. The zero-order valence-corrected chi connectivity index (χ0v) is 30.3. The van der Waals surface area contributed by atoms with Gasteiger partial charge in [0.1, 0.15) is 23.2 Å². The van der Waals surface area contributed by atoms with E-state index in [0.717, 1.165) is 61.1 Å². The van der Waals surface area contributed by atoms with Crippen molar-refractivity contribution < 1.29 is 4.42 Å². The van der Waals surface area contributed by atoms with Gasteiger partial charge in [-0.05, 0) is 85.0 Å². The summed E-state index contributed by atoms with van der Waals surface area (Å²) in [6.07, 6.45) is 11.2. The van der Waals surface area contributed by atoms with Crippen LogP contribution < -0.4 is 5.32 Å². The lowest BCUT2D eigenvalue weighted by atomic mass is 9.90. The fourth-order valence-electron chi connectivity index (χ4n) is 6.93. The van der Waals surface area contributed by atoms with Crippen molar-refractivity contribution in [1.29, 1.82) is 10.5 Å². The van der Waals surface area contributed by atoms with Gasteiger partial charge in [0.15, 0.2) is 5.84 Å². The summed E-state index contributed by atoms with van der Waals surface area (Å²) in [6.45, 7) is 9.98. The molecule has 5 aromatic carbocycles. The highest BCUT2D eigenvalue weighted by Crippen LogP contribution is 2.43. The number of aliphatic imine (C=N–C) groups is 2. The number of nitriles is 2. The minimum atomic E-state index is -0.320. The van der Waals surface area contributed by atoms with Gasteiger partial charge in [-0.15, -0.1) is 0 Å². The zero-order chi connectivity index (χ0) is 37.6. The van der Waals surface area contributed by atoms with E-state index < -0.39 is 0 Å². The van der Waals surface area contributed by atoms with Crippen molar-refractivity contribution in [2.45, 2.75) is 26.9 Å². The predicted molar refractivity (Wildman–Crippen MR) is 222 cm³/mol. The molecule has 1 unspecified atom stereocenters. The molecule has 2 heterocycles. The molecule has 6 aromatic rings. The standard InChI is InChI=1S/C48H37N5O/c1-5-16-31(7-3)46-51-47(32-18-10-9-11-19-32)53-48(52-46)34-22-14-21-33(26-34)40-24-15-25-43-44(40)42-28-37(38(8-4)35(29-49)17-6-2)27-41(45(42)54-43)39-23-13-12-20-36(39)30-50/h5-28,46H,4H2,1-3H3,(H,51,52,53)/b16-5-,17-6-,31-7+,38-35-. The van der Waals surface area contributed by atoms with E-state index in [0.29, 0.717) is 33.7 Å². The van der Waals surface area contributed by atoms with Crippen LogP contribution in [0.25, 0.3) is 49.8 Å². The molecule has 1 aliphatic rings. The molecule has 1 aliphatic heterocycles. The molecule has 0 bridgehead atoms. The second kappa shape index (κ2) is 15.5. The van der Waals surface area contributed by atoms with Gasteiger partial charge in [-0.25, -0.2) is 9.98 Å². The van der Waals surface area contributed by atoms with Crippen molar-refractivity contribution in [3.05, 3.63) is 186 Å². The number of hydrogen-bond acceptors (Lipinski definition) is 6. The second-order valence-corrected chi connectivity index (χ2v) is 12.7. The Morgan fingerprint density at radius 2 is 1.50 bits per heavy atom. The lowest BCUT2D eigenvalue weighted by molar-refractivity contribution is 0.670. The Morgan fingerprint density at radius 1 is 0.778 bits per heavy atom. The van der Waals surface area contributed by atoms with Crippen LogP contribution in [0.2, 0.25) is 0 Å². The van der Waals surface area contributed by atoms with E-state index in [-0.39, 0.29) is 6.17 Å². The third-order valence-corrected chi connectivity index (χ3v) is 9.42. The van der Waals surface area contributed by atoms with E-state index >= 15 is 0 Å². The number of furan rings is 1. The number of rotatable bonds is 9. The average Bonchev–Trinajstić information content (AvgIpc) is 3.61. The van der Waals surface area contributed by atoms with Crippen LogP contribution in [-0.4, -0.2) is 17.8 Å². The highest BCUT2D eigenvalue weighted by Gasteiger charge is 2.23.